The molecule has 0 saturated carbocycles. The van der Waals surface area contributed by atoms with E-state index in [0.717, 1.165) is 23.9 Å². The van der Waals surface area contributed by atoms with Crippen molar-refractivity contribution in [2.75, 3.05) is 0 Å². The molecule has 2 aromatic heterocycles. The van der Waals surface area contributed by atoms with Crippen molar-refractivity contribution in [2.24, 2.45) is 0 Å². The highest BCUT2D eigenvalue weighted by atomic mass is 16.1. The van der Waals surface area contributed by atoms with Crippen LogP contribution < -0.4 is 0 Å². The molecule has 0 saturated heterocycles. The number of fused-ring (bicyclic) bond motifs is 1. The van der Waals surface area contributed by atoms with Gasteiger partial charge in [0.25, 0.3) is 0 Å². The third-order valence-electron chi connectivity index (χ3n) is 3.36. The van der Waals surface area contributed by atoms with E-state index in [-0.39, 0.29) is 0 Å². The second-order valence-corrected chi connectivity index (χ2v) is 4.46. The third kappa shape index (κ3) is 1.93. The zero-order valence-electron chi connectivity index (χ0n) is 10.7. The average Bonchev–Trinajstić information content (AvgIpc) is 2.89. The molecule has 0 fully saturated rings. The first-order chi connectivity index (χ1) is 9.33. The summed E-state index contributed by atoms with van der Waals surface area (Å²) >= 11 is 0. The van der Waals surface area contributed by atoms with Gasteiger partial charge in [-0.2, -0.15) is 0 Å². The van der Waals surface area contributed by atoms with Crippen molar-refractivity contribution in [1.82, 2.24) is 9.38 Å². The SMILES string of the molecule is CCc1ccccc1-c1ccc2ncc(C=O)n2c1. The largest absolute Gasteiger partial charge is 0.297 e. The maximum atomic E-state index is 11.0. The molecule has 0 aliphatic rings. The Labute approximate surface area is 111 Å². The van der Waals surface area contributed by atoms with Gasteiger partial charge in [-0.25, -0.2) is 4.98 Å². The summed E-state index contributed by atoms with van der Waals surface area (Å²) in [4.78, 5) is 15.2. The van der Waals surface area contributed by atoms with E-state index in [4.69, 9.17) is 0 Å². The number of carbonyl (C=O) groups is 1. The Kier molecular flexibility index (Phi) is 2.88. The highest BCUT2D eigenvalue weighted by molar-refractivity contribution is 5.75. The molecule has 0 N–H and O–H groups in total. The van der Waals surface area contributed by atoms with Crippen LogP contribution in [0.4, 0.5) is 0 Å². The van der Waals surface area contributed by atoms with E-state index in [2.05, 4.69) is 30.1 Å². The van der Waals surface area contributed by atoms with E-state index in [0.29, 0.717) is 5.69 Å². The van der Waals surface area contributed by atoms with Crippen molar-refractivity contribution in [1.29, 1.82) is 0 Å². The highest BCUT2D eigenvalue weighted by Gasteiger charge is 2.06. The van der Waals surface area contributed by atoms with E-state index in [1.807, 2.05) is 28.8 Å². The van der Waals surface area contributed by atoms with Gasteiger partial charge >= 0.3 is 0 Å². The fourth-order valence-corrected chi connectivity index (χ4v) is 2.36. The molecule has 3 rings (SSSR count). The second kappa shape index (κ2) is 4.69. The zero-order valence-corrected chi connectivity index (χ0v) is 10.7. The topological polar surface area (TPSA) is 34.4 Å². The molecular formula is C16H14N2O. The summed E-state index contributed by atoms with van der Waals surface area (Å²) in [6.07, 6.45) is 5.38. The third-order valence-corrected chi connectivity index (χ3v) is 3.36. The first-order valence-electron chi connectivity index (χ1n) is 6.34. The van der Waals surface area contributed by atoms with Gasteiger partial charge in [0, 0.05) is 6.20 Å². The number of imidazole rings is 1. The Hall–Kier alpha value is -2.42. The van der Waals surface area contributed by atoms with Crippen LogP contribution in [-0.4, -0.2) is 15.7 Å². The Morgan fingerprint density at radius 2 is 2.05 bits per heavy atom. The maximum Gasteiger partial charge on any atom is 0.168 e. The van der Waals surface area contributed by atoms with Gasteiger partial charge in [0.05, 0.1) is 6.20 Å². The van der Waals surface area contributed by atoms with Crippen LogP contribution in [0.2, 0.25) is 0 Å². The Bertz CT molecular complexity index is 743. The van der Waals surface area contributed by atoms with Crippen LogP contribution in [-0.2, 0) is 6.42 Å². The summed E-state index contributed by atoms with van der Waals surface area (Å²) in [6.45, 7) is 2.14. The van der Waals surface area contributed by atoms with Crippen LogP contribution in [0.25, 0.3) is 16.8 Å². The number of hydrogen-bond acceptors (Lipinski definition) is 2. The van der Waals surface area contributed by atoms with Gasteiger partial charge in [-0.05, 0) is 35.2 Å². The van der Waals surface area contributed by atoms with Crippen molar-refractivity contribution in [3.8, 4) is 11.1 Å². The first-order valence-corrected chi connectivity index (χ1v) is 6.34. The molecule has 0 unspecified atom stereocenters. The molecule has 19 heavy (non-hydrogen) atoms. The Morgan fingerprint density at radius 1 is 1.21 bits per heavy atom. The summed E-state index contributed by atoms with van der Waals surface area (Å²) < 4.78 is 1.83. The molecular weight excluding hydrogens is 236 g/mol. The zero-order chi connectivity index (χ0) is 13.2. The van der Waals surface area contributed by atoms with Gasteiger partial charge in [0.2, 0.25) is 0 Å². The minimum Gasteiger partial charge on any atom is -0.297 e. The fraction of sp³-hybridized carbons (Fsp3) is 0.125. The van der Waals surface area contributed by atoms with Gasteiger partial charge < -0.3 is 0 Å². The average molecular weight is 250 g/mol. The van der Waals surface area contributed by atoms with E-state index >= 15 is 0 Å². The van der Waals surface area contributed by atoms with Gasteiger partial charge in [-0.1, -0.05) is 31.2 Å². The summed E-state index contributed by atoms with van der Waals surface area (Å²) in [6, 6.07) is 12.3. The number of nitrogens with zero attached hydrogens (tertiary/aromatic N) is 2. The summed E-state index contributed by atoms with van der Waals surface area (Å²) in [5.41, 5.74) is 4.98. The lowest BCUT2D eigenvalue weighted by Gasteiger charge is -2.08. The molecule has 3 nitrogen and oxygen atoms in total. The predicted octanol–water partition coefficient (Wildman–Crippen LogP) is 3.38. The predicted molar refractivity (Wildman–Crippen MR) is 75.4 cm³/mol. The molecule has 0 spiro atoms. The number of benzene rings is 1. The van der Waals surface area contributed by atoms with Gasteiger partial charge in [-0.15, -0.1) is 0 Å². The molecule has 2 heterocycles. The summed E-state index contributed by atoms with van der Waals surface area (Å²) in [7, 11) is 0. The molecule has 3 heteroatoms. The van der Waals surface area contributed by atoms with Crippen LogP contribution in [0.5, 0.6) is 0 Å². The monoisotopic (exact) mass is 250 g/mol. The molecule has 0 aliphatic carbocycles. The molecule has 0 amide bonds. The van der Waals surface area contributed by atoms with Crippen LogP contribution in [0.3, 0.4) is 0 Å². The van der Waals surface area contributed by atoms with E-state index < -0.39 is 0 Å². The van der Waals surface area contributed by atoms with Gasteiger partial charge in [-0.3, -0.25) is 9.20 Å². The van der Waals surface area contributed by atoms with Crippen molar-refractivity contribution < 1.29 is 4.79 Å². The molecule has 0 bridgehead atoms. The van der Waals surface area contributed by atoms with Crippen LogP contribution in [0.15, 0.2) is 48.8 Å². The minimum atomic E-state index is 0.575. The number of pyridine rings is 1. The van der Waals surface area contributed by atoms with E-state index in [1.165, 1.54) is 11.1 Å². The number of aryl methyl sites for hydroxylation is 1. The first kappa shape index (κ1) is 11.7. The summed E-state index contributed by atoms with van der Waals surface area (Å²) in [5.74, 6) is 0. The van der Waals surface area contributed by atoms with E-state index in [9.17, 15) is 4.79 Å². The van der Waals surface area contributed by atoms with E-state index in [1.54, 1.807) is 6.20 Å². The number of aromatic nitrogens is 2. The number of hydrogen-bond donors (Lipinski definition) is 0. The smallest absolute Gasteiger partial charge is 0.168 e. The summed E-state index contributed by atoms with van der Waals surface area (Å²) in [5, 5.41) is 0. The molecule has 0 radical (unpaired) electrons. The molecule has 3 aromatic rings. The standard InChI is InChI=1S/C16H14N2O/c1-2-12-5-3-4-6-15(12)13-7-8-16-17-9-14(11-19)18(16)10-13/h3-11H,2H2,1H3. The second-order valence-electron chi connectivity index (χ2n) is 4.46. The fourth-order valence-electron chi connectivity index (χ4n) is 2.36. The van der Waals surface area contributed by atoms with Crippen LogP contribution in [0, 0.1) is 0 Å². The van der Waals surface area contributed by atoms with Crippen LogP contribution >= 0.6 is 0 Å². The highest BCUT2D eigenvalue weighted by Crippen LogP contribution is 2.24. The maximum absolute atomic E-state index is 11.0. The van der Waals surface area contributed by atoms with Crippen molar-refractivity contribution in [3.63, 3.8) is 0 Å². The normalized spacial score (nSPS) is 10.8. The molecule has 1 aromatic carbocycles. The molecule has 94 valence electrons. The molecule has 0 aliphatic heterocycles. The lowest BCUT2D eigenvalue weighted by atomic mass is 9.99. The molecule has 0 atom stereocenters. The van der Waals surface area contributed by atoms with Crippen molar-refractivity contribution in [2.45, 2.75) is 13.3 Å². The van der Waals surface area contributed by atoms with Crippen LogP contribution in [0.1, 0.15) is 23.0 Å². The number of carbonyl (C=O) groups excluding carboxylic acids is 1. The van der Waals surface area contributed by atoms with Crippen molar-refractivity contribution >= 4 is 11.9 Å². The van der Waals surface area contributed by atoms with Gasteiger partial charge in [0.1, 0.15) is 11.3 Å². The Balaban J connectivity index is 2.22. The Morgan fingerprint density at radius 3 is 2.84 bits per heavy atom. The lowest BCUT2D eigenvalue weighted by Crippen LogP contribution is -1.93. The van der Waals surface area contributed by atoms with Crippen molar-refractivity contribution in [3.05, 3.63) is 60.0 Å². The minimum absolute atomic E-state index is 0.575. The quantitative estimate of drug-likeness (QED) is 0.668. The lowest BCUT2D eigenvalue weighted by molar-refractivity contribution is 0.111. The van der Waals surface area contributed by atoms with Gasteiger partial charge in [0.15, 0.2) is 6.29 Å². The number of aldehydes is 1. The number of rotatable bonds is 3.